The Morgan fingerprint density at radius 3 is 2.41 bits per heavy atom. The number of aromatic hydroxyl groups is 2. The summed E-state index contributed by atoms with van der Waals surface area (Å²) in [5.74, 6) is -0.312. The lowest BCUT2D eigenvalue weighted by Gasteiger charge is -2.35. The van der Waals surface area contributed by atoms with Crippen LogP contribution in [-0.4, -0.2) is 113 Å². The standard InChI is InChI=1S/C49H54N8O9/c1-6-32-34-21-31(13-14-39(34)50-43-36(32)26-56-40(43)23-38-37(45(56)60)27-65-46(61)49(38,64)7-2)66-48(63)53(5)15-8-16-54-17-19-55(20-18-54)25-29-9-11-30(12-10-29)57-44(51-52-47(57)62)35-22-33(28(3)4)41(58)24-42(35)59/h9-14,21-24,28,58-59,64H,6-8,15-20,25-27H2,1-5H3,(H,52,62)/t49-/m0/s1. The summed E-state index contributed by atoms with van der Waals surface area (Å²) in [6.07, 6.45) is 1.01. The summed E-state index contributed by atoms with van der Waals surface area (Å²) in [5.41, 5.74) is 4.28. The Balaban J connectivity index is 0.777. The molecule has 0 saturated carbocycles. The van der Waals surface area contributed by atoms with Crippen molar-refractivity contribution in [1.29, 1.82) is 0 Å². The van der Waals surface area contributed by atoms with Crippen molar-refractivity contribution in [3.05, 3.63) is 115 Å². The van der Waals surface area contributed by atoms with E-state index in [-0.39, 0.29) is 59.5 Å². The van der Waals surface area contributed by atoms with Crippen LogP contribution in [0.25, 0.3) is 39.4 Å². The number of nitrogens with one attached hydrogen (secondary N) is 1. The van der Waals surface area contributed by atoms with Gasteiger partial charge in [-0.2, -0.15) is 5.10 Å². The van der Waals surface area contributed by atoms with E-state index in [0.29, 0.717) is 52.4 Å². The van der Waals surface area contributed by atoms with Gasteiger partial charge in [-0.3, -0.25) is 9.69 Å². The molecule has 3 aliphatic heterocycles. The van der Waals surface area contributed by atoms with Gasteiger partial charge in [0.2, 0.25) is 0 Å². The smallest absolute Gasteiger partial charge is 0.414 e. The highest BCUT2D eigenvalue weighted by Gasteiger charge is 2.45. The maximum absolute atomic E-state index is 13.7. The molecule has 17 nitrogen and oxygen atoms in total. The molecule has 0 aliphatic carbocycles. The van der Waals surface area contributed by atoms with Gasteiger partial charge < -0.3 is 39.2 Å². The van der Waals surface area contributed by atoms with Crippen molar-refractivity contribution in [2.45, 2.75) is 78.2 Å². The largest absolute Gasteiger partial charge is 0.508 e. The number of aromatic amines is 1. The van der Waals surface area contributed by atoms with Gasteiger partial charge in [-0.25, -0.2) is 29.0 Å². The molecule has 0 bridgehead atoms. The van der Waals surface area contributed by atoms with Crippen LogP contribution in [0.1, 0.15) is 79.8 Å². The highest BCUT2D eigenvalue weighted by Crippen LogP contribution is 2.41. The van der Waals surface area contributed by atoms with Gasteiger partial charge in [-0.15, -0.1) is 0 Å². The molecule has 3 aromatic carbocycles. The number of aliphatic hydroxyl groups is 1. The van der Waals surface area contributed by atoms with Crippen molar-refractivity contribution in [2.24, 2.45) is 0 Å². The van der Waals surface area contributed by atoms with Gasteiger partial charge in [0.15, 0.2) is 11.4 Å². The van der Waals surface area contributed by atoms with Crippen molar-refractivity contribution in [2.75, 3.05) is 46.3 Å². The average molecular weight is 899 g/mol. The summed E-state index contributed by atoms with van der Waals surface area (Å²) in [7, 11) is 1.73. The van der Waals surface area contributed by atoms with Crippen molar-refractivity contribution < 1.29 is 34.4 Å². The molecule has 9 rings (SSSR count). The van der Waals surface area contributed by atoms with E-state index < -0.39 is 23.4 Å². The fourth-order valence-electron chi connectivity index (χ4n) is 9.54. The molecule has 0 spiro atoms. The zero-order chi connectivity index (χ0) is 46.6. The van der Waals surface area contributed by atoms with Crippen LogP contribution in [-0.2, 0) is 41.2 Å². The number of carbonyl (C=O) groups is 2. The van der Waals surface area contributed by atoms with E-state index in [1.54, 1.807) is 47.7 Å². The lowest BCUT2D eigenvalue weighted by Crippen LogP contribution is -2.46. The number of pyridine rings is 2. The van der Waals surface area contributed by atoms with Crippen LogP contribution in [0.5, 0.6) is 17.2 Å². The van der Waals surface area contributed by atoms with Crippen LogP contribution in [0.4, 0.5) is 4.79 Å². The summed E-state index contributed by atoms with van der Waals surface area (Å²) in [6, 6.07) is 17.7. The van der Waals surface area contributed by atoms with Gasteiger partial charge in [0, 0.05) is 68.9 Å². The quantitative estimate of drug-likeness (QED) is 0.114. The number of hydrogen-bond donors (Lipinski definition) is 4. The van der Waals surface area contributed by atoms with Gasteiger partial charge in [-0.05, 0) is 90.9 Å². The highest BCUT2D eigenvalue weighted by molar-refractivity contribution is 5.90. The Labute approximate surface area is 380 Å². The van der Waals surface area contributed by atoms with Crippen LogP contribution in [0.3, 0.4) is 0 Å². The summed E-state index contributed by atoms with van der Waals surface area (Å²) in [6.45, 7) is 13.3. The number of nitrogens with zero attached hydrogens (tertiary/aromatic N) is 7. The number of ether oxygens (including phenoxy) is 2. The topological polar surface area (TPSA) is 209 Å². The van der Waals surface area contributed by atoms with E-state index in [0.717, 1.165) is 67.8 Å². The van der Waals surface area contributed by atoms with Gasteiger partial charge in [-0.1, -0.05) is 39.8 Å². The minimum atomic E-state index is -1.90. The highest BCUT2D eigenvalue weighted by atomic mass is 16.6. The molecule has 1 amide bonds. The number of aryl methyl sites for hydroxylation is 1. The first-order valence-electron chi connectivity index (χ1n) is 22.5. The maximum Gasteiger partial charge on any atom is 0.414 e. The van der Waals surface area contributed by atoms with Crippen molar-refractivity contribution in [3.63, 3.8) is 0 Å². The predicted molar refractivity (Wildman–Crippen MR) is 246 cm³/mol. The Hall–Kier alpha value is -6.82. The number of rotatable bonds is 12. The molecule has 1 atom stereocenters. The minimum absolute atomic E-state index is 0.00618. The molecule has 1 saturated heterocycles. The Bertz CT molecular complexity index is 3000. The van der Waals surface area contributed by atoms with Crippen LogP contribution < -0.4 is 16.0 Å². The Morgan fingerprint density at radius 1 is 0.955 bits per heavy atom. The number of esters is 1. The number of fused-ring (bicyclic) bond motifs is 5. The van der Waals surface area contributed by atoms with Gasteiger partial charge in [0.25, 0.3) is 5.56 Å². The SMILES string of the molecule is CCc1c2c(nc3ccc(OC(=O)N(C)CCCN4CCN(Cc5ccc(-n6c(-c7cc(C(C)C)c(O)cc7O)n[nH]c6=O)cc5)CC4)cc13)-c1cc3c(c(=O)n1C2)COC(=O)[C@]3(O)CC. The Morgan fingerprint density at radius 2 is 1.70 bits per heavy atom. The average Bonchev–Trinajstić information content (AvgIpc) is 3.87. The van der Waals surface area contributed by atoms with E-state index in [4.69, 9.17) is 14.5 Å². The zero-order valence-electron chi connectivity index (χ0n) is 37.8. The lowest BCUT2D eigenvalue weighted by molar-refractivity contribution is -0.172. The molecule has 66 heavy (non-hydrogen) atoms. The number of piperazine rings is 1. The molecule has 3 aromatic heterocycles. The summed E-state index contributed by atoms with van der Waals surface area (Å²) in [4.78, 5) is 63.8. The molecule has 6 aromatic rings. The second-order valence-corrected chi connectivity index (χ2v) is 17.8. The van der Waals surface area contributed by atoms with Crippen LogP contribution >= 0.6 is 0 Å². The second-order valence-electron chi connectivity index (χ2n) is 17.8. The van der Waals surface area contributed by atoms with E-state index in [1.807, 2.05) is 51.1 Å². The number of H-pyrrole nitrogens is 1. The third kappa shape index (κ3) is 7.90. The number of phenolic OH excluding ortho intramolecular Hbond substituents is 2. The first-order chi connectivity index (χ1) is 31.7. The first-order valence-corrected chi connectivity index (χ1v) is 22.5. The molecule has 3 aliphatic rings. The van der Waals surface area contributed by atoms with Gasteiger partial charge >= 0.3 is 17.8 Å². The second kappa shape index (κ2) is 17.5. The number of aromatic nitrogens is 5. The maximum atomic E-state index is 13.7. The molecule has 6 heterocycles. The molecular weight excluding hydrogens is 845 g/mol. The minimum Gasteiger partial charge on any atom is -0.508 e. The third-order valence-corrected chi connectivity index (χ3v) is 13.4. The van der Waals surface area contributed by atoms with Crippen molar-refractivity contribution >= 4 is 23.0 Å². The molecule has 0 unspecified atom stereocenters. The Kier molecular flexibility index (Phi) is 11.8. The monoisotopic (exact) mass is 898 g/mol. The van der Waals surface area contributed by atoms with E-state index >= 15 is 0 Å². The lowest BCUT2D eigenvalue weighted by atomic mass is 9.86. The predicted octanol–water partition coefficient (Wildman–Crippen LogP) is 5.36. The van der Waals surface area contributed by atoms with Crippen molar-refractivity contribution in [1.82, 2.24) is 39.0 Å². The van der Waals surface area contributed by atoms with E-state index in [9.17, 15) is 34.5 Å². The number of cyclic esters (lactones) is 1. The van der Waals surface area contributed by atoms with Gasteiger partial charge in [0.05, 0.1) is 40.3 Å². The fourth-order valence-corrected chi connectivity index (χ4v) is 9.54. The first kappa shape index (κ1) is 44.4. The third-order valence-electron chi connectivity index (χ3n) is 13.4. The van der Waals surface area contributed by atoms with Gasteiger partial charge in [0.1, 0.15) is 23.9 Å². The number of phenols is 2. The molecule has 4 N–H and O–H groups in total. The molecule has 1 fully saturated rings. The summed E-state index contributed by atoms with van der Waals surface area (Å²) >= 11 is 0. The van der Waals surface area contributed by atoms with E-state index in [2.05, 4.69) is 20.0 Å². The normalized spacial score (nSPS) is 17.2. The summed E-state index contributed by atoms with van der Waals surface area (Å²) in [5, 5.41) is 39.8. The van der Waals surface area contributed by atoms with E-state index in [1.165, 1.54) is 10.6 Å². The molecule has 344 valence electrons. The number of carbonyl (C=O) groups excluding carboxylic acids is 2. The zero-order valence-corrected chi connectivity index (χ0v) is 37.8. The number of amides is 1. The molecule has 17 heteroatoms. The number of benzene rings is 3. The van der Waals surface area contributed by atoms with Crippen molar-refractivity contribution in [3.8, 4) is 45.7 Å². The van der Waals surface area contributed by atoms with Crippen LogP contribution in [0.15, 0.2) is 70.3 Å². The molecule has 0 radical (unpaired) electrons. The van der Waals surface area contributed by atoms with Crippen LogP contribution in [0.2, 0.25) is 0 Å². The number of hydrogen-bond acceptors (Lipinski definition) is 13. The van der Waals surface area contributed by atoms with Crippen LogP contribution in [0, 0.1) is 0 Å². The fraction of sp³-hybridized carbons (Fsp3) is 0.388. The molecular formula is C49H54N8O9. The summed E-state index contributed by atoms with van der Waals surface area (Å²) < 4.78 is 14.1.